The lowest BCUT2D eigenvalue weighted by atomic mass is 10.3. The highest BCUT2D eigenvalue weighted by molar-refractivity contribution is 6.19. The van der Waals surface area contributed by atoms with Crippen molar-refractivity contribution in [1.29, 1.82) is 0 Å². The number of para-hydroxylation sites is 1. The van der Waals surface area contributed by atoms with E-state index in [0.29, 0.717) is 13.2 Å². The van der Waals surface area contributed by atoms with E-state index in [2.05, 4.69) is 0 Å². The van der Waals surface area contributed by atoms with E-state index in [-0.39, 0.29) is 0 Å². The van der Waals surface area contributed by atoms with E-state index in [1.54, 1.807) is 7.11 Å². The van der Waals surface area contributed by atoms with Gasteiger partial charge in [0.1, 0.15) is 5.75 Å². The third-order valence-corrected chi connectivity index (χ3v) is 2.39. The van der Waals surface area contributed by atoms with Crippen LogP contribution in [0.2, 0.25) is 0 Å². The first-order valence-electron chi connectivity index (χ1n) is 4.18. The monoisotopic (exact) mass is 198 g/mol. The van der Waals surface area contributed by atoms with Crippen LogP contribution in [0.1, 0.15) is 0 Å². The Kier molecular flexibility index (Phi) is 5.24. The zero-order chi connectivity index (χ0) is 9.36. The van der Waals surface area contributed by atoms with Crippen LogP contribution in [-0.2, 0) is 9.16 Å². The van der Waals surface area contributed by atoms with Gasteiger partial charge in [0.25, 0.3) is 0 Å². The first-order valence-corrected chi connectivity index (χ1v) is 5.33. The average molecular weight is 198 g/mol. The van der Waals surface area contributed by atoms with Gasteiger partial charge in [-0.15, -0.1) is 0 Å². The van der Waals surface area contributed by atoms with Gasteiger partial charge >= 0.3 is 10.0 Å². The highest BCUT2D eigenvalue weighted by atomic mass is 28.3. The van der Waals surface area contributed by atoms with E-state index >= 15 is 0 Å². The SMILES string of the molecule is COCCO[SiH2]Oc1ccccc1. The third-order valence-electron chi connectivity index (χ3n) is 1.48. The first kappa shape index (κ1) is 10.2. The van der Waals surface area contributed by atoms with Crippen molar-refractivity contribution in [2.75, 3.05) is 20.3 Å². The van der Waals surface area contributed by atoms with Gasteiger partial charge in [0, 0.05) is 7.11 Å². The Morgan fingerprint density at radius 2 is 1.92 bits per heavy atom. The Labute approximate surface area is 80.7 Å². The summed E-state index contributed by atoms with van der Waals surface area (Å²) < 4.78 is 15.5. The number of ether oxygens (including phenoxy) is 1. The van der Waals surface area contributed by atoms with Crippen LogP contribution in [0.5, 0.6) is 5.75 Å². The van der Waals surface area contributed by atoms with Crippen LogP contribution in [0.15, 0.2) is 30.3 Å². The highest BCUT2D eigenvalue weighted by Gasteiger charge is 1.91. The molecule has 0 spiro atoms. The largest absolute Gasteiger partial charge is 0.525 e. The Hall–Kier alpha value is -0.843. The van der Waals surface area contributed by atoms with Gasteiger partial charge in [-0.25, -0.2) is 0 Å². The second kappa shape index (κ2) is 6.65. The molecule has 0 heterocycles. The summed E-state index contributed by atoms with van der Waals surface area (Å²) in [7, 11) is 0.768. The van der Waals surface area contributed by atoms with Gasteiger partial charge in [-0.2, -0.15) is 0 Å². The molecule has 0 aliphatic carbocycles. The fraction of sp³-hybridized carbons (Fsp3) is 0.333. The Balaban J connectivity index is 2.07. The van der Waals surface area contributed by atoms with Crippen molar-refractivity contribution >= 4 is 10.0 Å². The van der Waals surface area contributed by atoms with E-state index in [1.807, 2.05) is 30.3 Å². The summed E-state index contributed by atoms with van der Waals surface area (Å²) in [5.74, 6) is 0.881. The van der Waals surface area contributed by atoms with Crippen molar-refractivity contribution in [3.63, 3.8) is 0 Å². The van der Waals surface area contributed by atoms with Crippen molar-refractivity contribution in [1.82, 2.24) is 0 Å². The Morgan fingerprint density at radius 3 is 2.62 bits per heavy atom. The molecule has 0 atom stereocenters. The molecule has 3 nitrogen and oxygen atoms in total. The fourth-order valence-corrected chi connectivity index (χ4v) is 1.48. The topological polar surface area (TPSA) is 27.7 Å². The molecule has 0 saturated carbocycles. The van der Waals surface area contributed by atoms with Crippen LogP contribution < -0.4 is 4.43 Å². The van der Waals surface area contributed by atoms with Crippen molar-refractivity contribution in [2.24, 2.45) is 0 Å². The maximum atomic E-state index is 5.41. The van der Waals surface area contributed by atoms with Gasteiger partial charge < -0.3 is 13.6 Å². The summed E-state index contributed by atoms with van der Waals surface area (Å²) in [5, 5.41) is 0. The highest BCUT2D eigenvalue weighted by Crippen LogP contribution is 2.06. The smallest absolute Gasteiger partial charge is 0.366 e. The van der Waals surface area contributed by atoms with E-state index in [4.69, 9.17) is 13.6 Å². The fourth-order valence-electron chi connectivity index (χ4n) is 0.828. The summed E-state index contributed by atoms with van der Waals surface area (Å²) in [6, 6.07) is 9.69. The molecule has 0 aliphatic rings. The van der Waals surface area contributed by atoms with Crippen molar-refractivity contribution in [3.05, 3.63) is 30.3 Å². The average Bonchev–Trinajstić information content (AvgIpc) is 2.19. The Bertz CT molecular complexity index is 215. The van der Waals surface area contributed by atoms with Gasteiger partial charge in [0.05, 0.1) is 13.2 Å². The second-order valence-electron chi connectivity index (χ2n) is 2.48. The summed E-state index contributed by atoms with van der Waals surface area (Å²) in [4.78, 5) is 0. The molecule has 1 aromatic rings. The molecule has 0 radical (unpaired) electrons. The minimum absolute atomic E-state index is 0.621. The van der Waals surface area contributed by atoms with Gasteiger partial charge in [-0.05, 0) is 12.1 Å². The lowest BCUT2D eigenvalue weighted by Crippen LogP contribution is -2.11. The summed E-state index contributed by atoms with van der Waals surface area (Å²) in [5.41, 5.74) is 0. The molecule has 0 amide bonds. The number of methoxy groups -OCH3 is 1. The minimum Gasteiger partial charge on any atom is -0.525 e. The molecule has 13 heavy (non-hydrogen) atoms. The third kappa shape index (κ3) is 4.67. The molecular formula is C9H14O3Si. The van der Waals surface area contributed by atoms with Crippen molar-refractivity contribution in [2.45, 2.75) is 0 Å². The molecule has 72 valence electrons. The lowest BCUT2D eigenvalue weighted by Gasteiger charge is -2.05. The molecule has 0 fully saturated rings. The Morgan fingerprint density at radius 1 is 1.15 bits per heavy atom. The molecule has 0 unspecified atom stereocenters. The molecule has 1 rings (SSSR count). The molecule has 0 aromatic heterocycles. The van der Waals surface area contributed by atoms with E-state index in [1.165, 1.54) is 0 Å². The maximum Gasteiger partial charge on any atom is 0.366 e. The summed E-state index contributed by atoms with van der Waals surface area (Å²) in [6.07, 6.45) is 0. The molecular weight excluding hydrogens is 184 g/mol. The van der Waals surface area contributed by atoms with Gasteiger partial charge in [0.15, 0.2) is 0 Å². The molecule has 1 aromatic carbocycles. The number of hydrogen-bond acceptors (Lipinski definition) is 3. The van der Waals surface area contributed by atoms with Gasteiger partial charge in [0.2, 0.25) is 0 Å². The summed E-state index contributed by atoms with van der Waals surface area (Å²) in [6.45, 7) is 1.25. The summed E-state index contributed by atoms with van der Waals surface area (Å²) >= 11 is 0. The van der Waals surface area contributed by atoms with Crippen LogP contribution in [0, 0.1) is 0 Å². The van der Waals surface area contributed by atoms with E-state index in [9.17, 15) is 0 Å². The molecule has 0 bridgehead atoms. The molecule has 4 heteroatoms. The standard InChI is InChI=1S/C9H14O3Si/c1-10-7-8-11-13-12-9-5-3-2-4-6-9/h2-6H,7-8,13H2,1H3. The molecule has 0 N–H and O–H groups in total. The lowest BCUT2D eigenvalue weighted by molar-refractivity contribution is 0.141. The van der Waals surface area contributed by atoms with Crippen LogP contribution in [-0.4, -0.2) is 30.3 Å². The van der Waals surface area contributed by atoms with Crippen LogP contribution in [0.3, 0.4) is 0 Å². The zero-order valence-electron chi connectivity index (χ0n) is 7.73. The predicted molar refractivity (Wildman–Crippen MR) is 53.4 cm³/mol. The second-order valence-corrected chi connectivity index (χ2v) is 3.41. The van der Waals surface area contributed by atoms with Crippen molar-refractivity contribution in [3.8, 4) is 5.75 Å². The normalized spacial score (nSPS) is 10.8. The zero-order valence-corrected chi connectivity index (χ0v) is 9.15. The minimum atomic E-state index is -0.887. The quantitative estimate of drug-likeness (QED) is 0.498. The molecule has 0 saturated heterocycles. The van der Waals surface area contributed by atoms with Crippen LogP contribution >= 0.6 is 0 Å². The van der Waals surface area contributed by atoms with Gasteiger partial charge in [-0.3, -0.25) is 0 Å². The van der Waals surface area contributed by atoms with Crippen molar-refractivity contribution < 1.29 is 13.6 Å². The van der Waals surface area contributed by atoms with Crippen LogP contribution in [0.25, 0.3) is 0 Å². The number of rotatable bonds is 6. The first-order chi connectivity index (χ1) is 6.43. The molecule has 0 aliphatic heterocycles. The van der Waals surface area contributed by atoms with E-state index in [0.717, 1.165) is 5.75 Å². The number of benzene rings is 1. The van der Waals surface area contributed by atoms with Crippen LogP contribution in [0.4, 0.5) is 0 Å². The maximum absolute atomic E-state index is 5.41. The van der Waals surface area contributed by atoms with Gasteiger partial charge in [-0.1, -0.05) is 18.2 Å². The van der Waals surface area contributed by atoms with E-state index < -0.39 is 10.0 Å². The number of hydrogen-bond donors (Lipinski definition) is 0. The predicted octanol–water partition coefficient (Wildman–Crippen LogP) is 0.727.